The molecule has 0 unspecified atom stereocenters. The first kappa shape index (κ1) is 10.9. The van der Waals surface area contributed by atoms with Gasteiger partial charge in [0.15, 0.2) is 5.75 Å². The van der Waals surface area contributed by atoms with Crippen molar-refractivity contribution in [3.63, 3.8) is 0 Å². The molecule has 0 aliphatic heterocycles. The van der Waals surface area contributed by atoms with Gasteiger partial charge in [-0.25, -0.2) is 9.97 Å². The zero-order chi connectivity index (χ0) is 11.3. The first-order valence-corrected chi connectivity index (χ1v) is 4.14. The number of hydrogen-bond donors (Lipinski definition) is 2. The van der Waals surface area contributed by atoms with Crippen LogP contribution in [0.1, 0.15) is 6.92 Å². The van der Waals surface area contributed by atoms with Crippen molar-refractivity contribution in [3.8, 4) is 5.75 Å². The zero-order valence-electron chi connectivity index (χ0n) is 8.51. The number of ether oxygens (including phenoxy) is 1. The SMILES string of the molecule is CN=C(C)N=C(N)Oc1cnc(N)nc1. The Labute approximate surface area is 86.9 Å². The van der Waals surface area contributed by atoms with E-state index in [9.17, 15) is 0 Å². The van der Waals surface area contributed by atoms with E-state index in [2.05, 4.69) is 20.0 Å². The van der Waals surface area contributed by atoms with Gasteiger partial charge >= 0.3 is 0 Å². The van der Waals surface area contributed by atoms with E-state index in [0.717, 1.165) is 0 Å². The van der Waals surface area contributed by atoms with Gasteiger partial charge in [-0.1, -0.05) is 0 Å². The minimum absolute atomic E-state index is 0.0218. The quantitative estimate of drug-likeness (QED) is 0.490. The van der Waals surface area contributed by atoms with Crippen molar-refractivity contribution in [3.05, 3.63) is 12.4 Å². The Morgan fingerprint density at radius 3 is 2.53 bits per heavy atom. The predicted octanol–water partition coefficient (Wildman–Crippen LogP) is -0.199. The Kier molecular flexibility index (Phi) is 3.55. The number of nitrogen functional groups attached to an aromatic ring is 1. The molecule has 0 saturated carbocycles. The van der Waals surface area contributed by atoms with E-state index < -0.39 is 0 Å². The lowest BCUT2D eigenvalue weighted by Gasteiger charge is -2.02. The molecule has 4 N–H and O–H groups in total. The van der Waals surface area contributed by atoms with Crippen molar-refractivity contribution in [1.29, 1.82) is 0 Å². The summed E-state index contributed by atoms with van der Waals surface area (Å²) in [7, 11) is 1.61. The van der Waals surface area contributed by atoms with Gasteiger partial charge in [-0.15, -0.1) is 0 Å². The first-order valence-electron chi connectivity index (χ1n) is 4.14. The van der Waals surface area contributed by atoms with Crippen LogP contribution in [0.4, 0.5) is 5.95 Å². The van der Waals surface area contributed by atoms with Crippen LogP contribution in [0, 0.1) is 0 Å². The number of aliphatic imine (C=N–C) groups is 2. The molecule has 1 rings (SSSR count). The molecule has 0 amide bonds. The third kappa shape index (κ3) is 3.59. The second kappa shape index (κ2) is 4.89. The molecule has 1 aromatic heterocycles. The van der Waals surface area contributed by atoms with Gasteiger partial charge in [0, 0.05) is 7.05 Å². The maximum Gasteiger partial charge on any atom is 0.294 e. The molecule has 80 valence electrons. The van der Waals surface area contributed by atoms with Crippen molar-refractivity contribution >= 4 is 17.8 Å². The van der Waals surface area contributed by atoms with Crippen LogP contribution in [-0.4, -0.2) is 28.9 Å². The Hall–Kier alpha value is -2.18. The van der Waals surface area contributed by atoms with E-state index in [-0.39, 0.29) is 12.0 Å². The highest BCUT2D eigenvalue weighted by Gasteiger charge is 1.99. The monoisotopic (exact) mass is 208 g/mol. The average molecular weight is 208 g/mol. The van der Waals surface area contributed by atoms with Gasteiger partial charge in [0.25, 0.3) is 6.02 Å². The van der Waals surface area contributed by atoms with Gasteiger partial charge < -0.3 is 16.2 Å². The van der Waals surface area contributed by atoms with Crippen LogP contribution < -0.4 is 16.2 Å². The minimum atomic E-state index is -0.0218. The molecule has 7 nitrogen and oxygen atoms in total. The molecule has 1 heterocycles. The van der Waals surface area contributed by atoms with E-state index in [0.29, 0.717) is 11.6 Å². The standard InChI is InChI=1S/C8H12N6O/c1-5(11-2)14-8(10)15-6-3-12-7(9)13-4-6/h3-4H,1-2H3,(H2,9,12,13)(H2,10,11,14). The van der Waals surface area contributed by atoms with E-state index in [4.69, 9.17) is 16.2 Å². The van der Waals surface area contributed by atoms with E-state index in [1.54, 1.807) is 14.0 Å². The molecule has 0 fully saturated rings. The van der Waals surface area contributed by atoms with Crippen LogP contribution in [-0.2, 0) is 0 Å². The highest BCUT2D eigenvalue weighted by Crippen LogP contribution is 2.06. The van der Waals surface area contributed by atoms with Crippen LogP contribution in [0.5, 0.6) is 5.75 Å². The van der Waals surface area contributed by atoms with Crippen LogP contribution in [0.3, 0.4) is 0 Å². The van der Waals surface area contributed by atoms with Crippen LogP contribution in [0.25, 0.3) is 0 Å². The number of amidine groups is 2. The van der Waals surface area contributed by atoms with Crippen molar-refractivity contribution < 1.29 is 4.74 Å². The molecule has 0 aliphatic rings. The fourth-order valence-corrected chi connectivity index (χ4v) is 0.732. The average Bonchev–Trinajstić information content (AvgIpc) is 2.21. The second-order valence-corrected chi connectivity index (χ2v) is 2.60. The molecule has 0 atom stereocenters. The molecule has 0 spiro atoms. The Morgan fingerprint density at radius 1 is 1.40 bits per heavy atom. The fraction of sp³-hybridized carbons (Fsp3) is 0.250. The van der Waals surface area contributed by atoms with Crippen LogP contribution in [0.2, 0.25) is 0 Å². The summed E-state index contributed by atoms with van der Waals surface area (Å²) in [5.74, 6) is 1.06. The summed E-state index contributed by atoms with van der Waals surface area (Å²) in [5, 5.41) is 0. The Morgan fingerprint density at radius 2 is 2.00 bits per heavy atom. The third-order valence-electron chi connectivity index (χ3n) is 1.47. The number of aromatic nitrogens is 2. The Bertz CT molecular complexity index is 383. The lowest BCUT2D eigenvalue weighted by Crippen LogP contribution is -2.21. The van der Waals surface area contributed by atoms with Crippen molar-refractivity contribution in [1.82, 2.24) is 9.97 Å². The summed E-state index contributed by atoms with van der Waals surface area (Å²) in [5.41, 5.74) is 10.8. The molecule has 7 heteroatoms. The van der Waals surface area contributed by atoms with Gasteiger partial charge in [0.05, 0.1) is 12.4 Å². The molecular formula is C8H12N6O. The summed E-state index contributed by atoms with van der Waals surface area (Å²) in [6.07, 6.45) is 2.81. The Balaban J connectivity index is 2.70. The highest BCUT2D eigenvalue weighted by molar-refractivity contribution is 5.92. The van der Waals surface area contributed by atoms with Gasteiger partial charge in [-0.2, -0.15) is 4.99 Å². The smallest absolute Gasteiger partial charge is 0.294 e. The maximum absolute atomic E-state index is 5.48. The number of hydrogen-bond acceptors (Lipinski definition) is 5. The predicted molar refractivity (Wildman–Crippen MR) is 57.7 cm³/mol. The minimum Gasteiger partial charge on any atom is -0.423 e. The summed E-state index contributed by atoms with van der Waals surface area (Å²) in [4.78, 5) is 15.1. The summed E-state index contributed by atoms with van der Waals surface area (Å²) < 4.78 is 5.11. The van der Waals surface area contributed by atoms with E-state index >= 15 is 0 Å². The summed E-state index contributed by atoms with van der Waals surface area (Å²) in [6, 6.07) is -0.0218. The number of anilines is 1. The highest BCUT2D eigenvalue weighted by atomic mass is 16.5. The molecule has 0 aliphatic carbocycles. The molecule has 15 heavy (non-hydrogen) atoms. The van der Waals surface area contributed by atoms with Gasteiger partial charge in [-0.3, -0.25) is 4.99 Å². The fourth-order valence-electron chi connectivity index (χ4n) is 0.732. The lowest BCUT2D eigenvalue weighted by molar-refractivity contribution is 0.537. The summed E-state index contributed by atoms with van der Waals surface area (Å²) in [6.45, 7) is 1.70. The van der Waals surface area contributed by atoms with Crippen LogP contribution >= 0.6 is 0 Å². The number of nitrogens with zero attached hydrogens (tertiary/aromatic N) is 4. The third-order valence-corrected chi connectivity index (χ3v) is 1.47. The number of rotatable bonds is 1. The normalized spacial score (nSPS) is 12.7. The number of nitrogens with two attached hydrogens (primary N) is 2. The van der Waals surface area contributed by atoms with Crippen molar-refractivity contribution in [2.75, 3.05) is 12.8 Å². The topological polar surface area (TPSA) is 112 Å². The molecule has 0 saturated heterocycles. The van der Waals surface area contributed by atoms with Crippen LogP contribution in [0.15, 0.2) is 22.4 Å². The lowest BCUT2D eigenvalue weighted by atomic mass is 10.6. The van der Waals surface area contributed by atoms with E-state index in [1.807, 2.05) is 0 Å². The van der Waals surface area contributed by atoms with Crippen molar-refractivity contribution in [2.45, 2.75) is 6.92 Å². The molecule has 0 bridgehead atoms. The van der Waals surface area contributed by atoms with Gasteiger partial charge in [-0.05, 0) is 6.92 Å². The molecular weight excluding hydrogens is 196 g/mol. The first-order chi connectivity index (χ1) is 7.11. The van der Waals surface area contributed by atoms with Crippen molar-refractivity contribution in [2.24, 2.45) is 15.7 Å². The van der Waals surface area contributed by atoms with Gasteiger partial charge in [0.1, 0.15) is 5.84 Å². The van der Waals surface area contributed by atoms with Gasteiger partial charge in [0.2, 0.25) is 5.95 Å². The molecule has 0 radical (unpaired) electrons. The summed E-state index contributed by atoms with van der Waals surface area (Å²) >= 11 is 0. The maximum atomic E-state index is 5.48. The largest absolute Gasteiger partial charge is 0.423 e. The second-order valence-electron chi connectivity index (χ2n) is 2.60. The molecule has 1 aromatic rings. The molecule has 0 aromatic carbocycles. The zero-order valence-corrected chi connectivity index (χ0v) is 8.51. The van der Waals surface area contributed by atoms with E-state index in [1.165, 1.54) is 12.4 Å².